The predicted molar refractivity (Wildman–Crippen MR) is 70.6 cm³/mol. The van der Waals surface area contributed by atoms with Crippen LogP contribution in [0.25, 0.3) is 0 Å². The molecule has 1 aliphatic rings. The summed E-state index contributed by atoms with van der Waals surface area (Å²) in [5.41, 5.74) is 6.54. The van der Waals surface area contributed by atoms with Crippen molar-refractivity contribution in [3.8, 4) is 0 Å². The zero-order valence-electron chi connectivity index (χ0n) is 10.7. The van der Waals surface area contributed by atoms with E-state index in [9.17, 15) is 9.59 Å². The second kappa shape index (κ2) is 5.84. The fourth-order valence-electron chi connectivity index (χ4n) is 2.55. The summed E-state index contributed by atoms with van der Waals surface area (Å²) in [5, 5.41) is 9.13. The average molecular weight is 262 g/mol. The first-order valence-electron chi connectivity index (χ1n) is 6.43. The number of amides is 1. The molecular weight excluding hydrogens is 244 g/mol. The fraction of sp³-hybridized carbons (Fsp3) is 0.429. The summed E-state index contributed by atoms with van der Waals surface area (Å²) in [7, 11) is 0. The van der Waals surface area contributed by atoms with Gasteiger partial charge in [-0.25, -0.2) is 4.79 Å². The molecule has 1 heterocycles. The maximum Gasteiger partial charge on any atom is 0.326 e. The van der Waals surface area contributed by atoms with Gasteiger partial charge in [0.1, 0.15) is 6.04 Å². The SMILES string of the molecule is NCC(C(=O)N1CCC[C@H]1C(=O)O)c1ccccc1. The minimum absolute atomic E-state index is 0.182. The van der Waals surface area contributed by atoms with Gasteiger partial charge in [-0.05, 0) is 18.4 Å². The van der Waals surface area contributed by atoms with Crippen LogP contribution in [0.3, 0.4) is 0 Å². The van der Waals surface area contributed by atoms with E-state index in [-0.39, 0.29) is 12.5 Å². The number of likely N-dealkylation sites (tertiary alicyclic amines) is 1. The third-order valence-electron chi connectivity index (χ3n) is 3.56. The molecule has 2 rings (SSSR count). The van der Waals surface area contributed by atoms with Crippen molar-refractivity contribution in [2.75, 3.05) is 13.1 Å². The Morgan fingerprint density at radius 2 is 2.05 bits per heavy atom. The second-order valence-electron chi connectivity index (χ2n) is 4.73. The molecule has 0 spiro atoms. The molecular formula is C14H18N2O3. The Labute approximate surface area is 112 Å². The van der Waals surface area contributed by atoms with E-state index >= 15 is 0 Å². The number of carbonyl (C=O) groups is 2. The Morgan fingerprint density at radius 3 is 2.63 bits per heavy atom. The van der Waals surface area contributed by atoms with Crippen molar-refractivity contribution in [3.05, 3.63) is 35.9 Å². The minimum atomic E-state index is -0.935. The van der Waals surface area contributed by atoms with Gasteiger partial charge in [0.15, 0.2) is 0 Å². The van der Waals surface area contributed by atoms with Crippen molar-refractivity contribution < 1.29 is 14.7 Å². The van der Waals surface area contributed by atoms with E-state index in [4.69, 9.17) is 10.8 Å². The van der Waals surface area contributed by atoms with Crippen LogP contribution >= 0.6 is 0 Å². The van der Waals surface area contributed by atoms with E-state index in [0.717, 1.165) is 12.0 Å². The molecule has 0 aliphatic carbocycles. The topological polar surface area (TPSA) is 83.6 Å². The van der Waals surface area contributed by atoms with Gasteiger partial charge in [-0.3, -0.25) is 4.79 Å². The van der Waals surface area contributed by atoms with Gasteiger partial charge in [0.05, 0.1) is 5.92 Å². The van der Waals surface area contributed by atoms with Gasteiger partial charge in [-0.1, -0.05) is 30.3 Å². The van der Waals surface area contributed by atoms with Crippen LogP contribution < -0.4 is 5.73 Å². The average Bonchev–Trinajstić information content (AvgIpc) is 2.90. The fourth-order valence-corrected chi connectivity index (χ4v) is 2.55. The lowest BCUT2D eigenvalue weighted by atomic mass is 9.97. The molecule has 0 saturated carbocycles. The molecule has 1 aliphatic heterocycles. The molecule has 1 unspecified atom stereocenters. The monoisotopic (exact) mass is 262 g/mol. The normalized spacial score (nSPS) is 20.3. The number of nitrogens with zero attached hydrogens (tertiary/aromatic N) is 1. The van der Waals surface area contributed by atoms with E-state index in [0.29, 0.717) is 13.0 Å². The number of carboxylic acid groups (broad SMARTS) is 1. The van der Waals surface area contributed by atoms with E-state index in [1.165, 1.54) is 4.90 Å². The van der Waals surface area contributed by atoms with Crippen LogP contribution in [0.5, 0.6) is 0 Å². The number of carbonyl (C=O) groups excluding carboxylic acids is 1. The number of nitrogens with two attached hydrogens (primary N) is 1. The standard InChI is InChI=1S/C14H18N2O3/c15-9-11(10-5-2-1-3-6-10)13(17)16-8-4-7-12(16)14(18)19/h1-3,5-6,11-12H,4,7-9,15H2,(H,18,19)/t11?,12-/m0/s1. The first-order valence-corrected chi connectivity index (χ1v) is 6.43. The molecule has 1 saturated heterocycles. The molecule has 2 atom stereocenters. The van der Waals surface area contributed by atoms with Crippen LogP contribution in [0, 0.1) is 0 Å². The molecule has 0 aromatic heterocycles. The van der Waals surface area contributed by atoms with Crippen LogP contribution in [0.1, 0.15) is 24.3 Å². The van der Waals surface area contributed by atoms with Crippen LogP contribution in [0.4, 0.5) is 0 Å². The highest BCUT2D eigenvalue weighted by Crippen LogP contribution is 2.24. The second-order valence-corrected chi connectivity index (χ2v) is 4.73. The van der Waals surface area contributed by atoms with Crippen LogP contribution in [0.15, 0.2) is 30.3 Å². The van der Waals surface area contributed by atoms with Crippen molar-refractivity contribution >= 4 is 11.9 Å². The van der Waals surface area contributed by atoms with Crippen molar-refractivity contribution in [1.82, 2.24) is 4.90 Å². The first kappa shape index (κ1) is 13.5. The Hall–Kier alpha value is -1.88. The molecule has 0 radical (unpaired) electrons. The van der Waals surface area contributed by atoms with Gasteiger partial charge in [-0.15, -0.1) is 0 Å². The Bertz CT molecular complexity index is 461. The number of benzene rings is 1. The molecule has 1 aromatic carbocycles. The molecule has 5 heteroatoms. The summed E-state index contributed by atoms with van der Waals surface area (Å²) in [6.45, 7) is 0.685. The van der Waals surface area contributed by atoms with Gasteiger partial charge < -0.3 is 15.7 Å². The summed E-state index contributed by atoms with van der Waals surface area (Å²) in [6.07, 6.45) is 1.25. The van der Waals surface area contributed by atoms with Gasteiger partial charge in [-0.2, -0.15) is 0 Å². The summed E-state index contributed by atoms with van der Waals surface area (Å²) in [6, 6.07) is 8.57. The van der Waals surface area contributed by atoms with E-state index in [2.05, 4.69) is 0 Å². The van der Waals surface area contributed by atoms with Crippen molar-refractivity contribution in [2.24, 2.45) is 5.73 Å². The highest BCUT2D eigenvalue weighted by molar-refractivity contribution is 5.88. The smallest absolute Gasteiger partial charge is 0.326 e. The summed E-state index contributed by atoms with van der Waals surface area (Å²) in [5.74, 6) is -1.57. The van der Waals surface area contributed by atoms with Crippen molar-refractivity contribution in [1.29, 1.82) is 0 Å². The van der Waals surface area contributed by atoms with E-state index < -0.39 is 17.9 Å². The molecule has 19 heavy (non-hydrogen) atoms. The van der Waals surface area contributed by atoms with Gasteiger partial charge >= 0.3 is 5.97 Å². The molecule has 3 N–H and O–H groups in total. The maximum atomic E-state index is 12.5. The van der Waals surface area contributed by atoms with E-state index in [1.807, 2.05) is 30.3 Å². The summed E-state index contributed by atoms with van der Waals surface area (Å²) >= 11 is 0. The predicted octanol–water partition coefficient (Wildman–Crippen LogP) is 0.805. The summed E-state index contributed by atoms with van der Waals surface area (Å²) in [4.78, 5) is 25.1. The first-order chi connectivity index (χ1) is 9.15. The van der Waals surface area contributed by atoms with E-state index in [1.54, 1.807) is 0 Å². The number of aliphatic carboxylic acids is 1. The largest absolute Gasteiger partial charge is 0.480 e. The highest BCUT2D eigenvalue weighted by atomic mass is 16.4. The van der Waals surface area contributed by atoms with Crippen LogP contribution in [-0.2, 0) is 9.59 Å². The van der Waals surface area contributed by atoms with Crippen LogP contribution in [-0.4, -0.2) is 41.0 Å². The summed E-state index contributed by atoms with van der Waals surface area (Å²) < 4.78 is 0. The quantitative estimate of drug-likeness (QED) is 0.841. The lowest BCUT2D eigenvalue weighted by Crippen LogP contribution is -2.44. The zero-order chi connectivity index (χ0) is 13.8. The molecule has 1 aromatic rings. The van der Waals surface area contributed by atoms with Gasteiger partial charge in [0.2, 0.25) is 5.91 Å². The van der Waals surface area contributed by atoms with Crippen molar-refractivity contribution in [3.63, 3.8) is 0 Å². The third-order valence-corrected chi connectivity index (χ3v) is 3.56. The minimum Gasteiger partial charge on any atom is -0.480 e. The number of hydrogen-bond donors (Lipinski definition) is 2. The lowest BCUT2D eigenvalue weighted by Gasteiger charge is -2.26. The molecule has 1 amide bonds. The Kier molecular flexibility index (Phi) is 4.16. The number of rotatable bonds is 4. The van der Waals surface area contributed by atoms with Gasteiger partial charge in [0, 0.05) is 13.1 Å². The third kappa shape index (κ3) is 2.76. The molecule has 1 fully saturated rings. The number of carboxylic acids is 1. The van der Waals surface area contributed by atoms with Crippen LogP contribution in [0.2, 0.25) is 0 Å². The van der Waals surface area contributed by atoms with Crippen molar-refractivity contribution in [2.45, 2.75) is 24.8 Å². The lowest BCUT2D eigenvalue weighted by molar-refractivity contribution is -0.148. The van der Waals surface area contributed by atoms with Gasteiger partial charge in [0.25, 0.3) is 0 Å². The zero-order valence-corrected chi connectivity index (χ0v) is 10.7. The number of hydrogen-bond acceptors (Lipinski definition) is 3. The highest BCUT2D eigenvalue weighted by Gasteiger charge is 2.36. The molecule has 5 nitrogen and oxygen atoms in total. The Balaban J connectivity index is 2.19. The molecule has 102 valence electrons. The maximum absolute atomic E-state index is 12.5. The molecule has 0 bridgehead atoms. The Morgan fingerprint density at radius 1 is 1.37 bits per heavy atom.